The molecule has 1 N–H and O–H groups in total. The Bertz CT molecular complexity index is 993. The quantitative estimate of drug-likeness (QED) is 0.482. The van der Waals surface area contributed by atoms with Crippen LogP contribution in [0.5, 0.6) is 17.2 Å². The average Bonchev–Trinajstić information content (AvgIpc) is 3.28. The molecule has 0 spiro atoms. The second-order valence-corrected chi connectivity index (χ2v) is 6.98. The Morgan fingerprint density at radius 2 is 1.87 bits per heavy atom. The van der Waals surface area contributed by atoms with Gasteiger partial charge in [-0.25, -0.2) is 4.98 Å². The van der Waals surface area contributed by atoms with Crippen LogP contribution in [0, 0.1) is 0 Å². The fourth-order valence-electron chi connectivity index (χ4n) is 2.56. The summed E-state index contributed by atoms with van der Waals surface area (Å²) in [7, 11) is 1.48. The number of benzene rings is 2. The van der Waals surface area contributed by atoms with Crippen LogP contribution in [0.2, 0.25) is 0 Å². The molecule has 31 heavy (non-hydrogen) atoms. The Balaban J connectivity index is 1.48. The summed E-state index contributed by atoms with van der Waals surface area (Å²) in [5.74, 6) is 0.826. The monoisotopic (exact) mass is 452 g/mol. The third-order valence-electron chi connectivity index (χ3n) is 4.12. The molecule has 1 heterocycles. The molecule has 3 rings (SSSR count). The summed E-state index contributed by atoms with van der Waals surface area (Å²) in [4.78, 5) is 16.5. The molecule has 2 aromatic carbocycles. The summed E-state index contributed by atoms with van der Waals surface area (Å²) in [6, 6.07) is 9.16. The van der Waals surface area contributed by atoms with Gasteiger partial charge in [-0.15, -0.1) is 11.3 Å². The van der Waals surface area contributed by atoms with E-state index >= 15 is 0 Å². The molecule has 0 fully saturated rings. The van der Waals surface area contributed by atoms with Crippen molar-refractivity contribution in [2.24, 2.45) is 0 Å². The van der Waals surface area contributed by atoms with Gasteiger partial charge in [-0.1, -0.05) is 0 Å². The largest absolute Gasteiger partial charge is 0.493 e. The Labute approximate surface area is 180 Å². The SMILES string of the molecule is COc1cc(C(=O)NCCOc2ccc(C(F)(F)F)cc2)ccc1OCc1cscn1. The molecule has 0 bridgehead atoms. The summed E-state index contributed by atoms with van der Waals surface area (Å²) in [6.07, 6.45) is -4.39. The van der Waals surface area contributed by atoms with E-state index in [0.29, 0.717) is 17.1 Å². The maximum absolute atomic E-state index is 12.6. The van der Waals surface area contributed by atoms with Crippen molar-refractivity contribution < 1.29 is 32.2 Å². The fraction of sp³-hybridized carbons (Fsp3) is 0.238. The number of alkyl halides is 3. The van der Waals surface area contributed by atoms with Crippen molar-refractivity contribution in [1.82, 2.24) is 10.3 Å². The van der Waals surface area contributed by atoms with Gasteiger partial charge in [0.2, 0.25) is 0 Å². The molecule has 0 aliphatic carbocycles. The molecule has 1 amide bonds. The maximum Gasteiger partial charge on any atom is 0.416 e. The molecular weight excluding hydrogens is 433 g/mol. The number of halogens is 3. The number of carbonyl (C=O) groups is 1. The Kier molecular flexibility index (Phi) is 7.35. The van der Waals surface area contributed by atoms with Crippen LogP contribution in [0.15, 0.2) is 53.4 Å². The highest BCUT2D eigenvalue weighted by molar-refractivity contribution is 7.07. The van der Waals surface area contributed by atoms with E-state index in [1.165, 1.54) is 30.6 Å². The van der Waals surface area contributed by atoms with Crippen LogP contribution in [-0.4, -0.2) is 31.2 Å². The molecular formula is C21H19F3N2O4S. The number of hydrogen-bond acceptors (Lipinski definition) is 6. The molecule has 10 heteroatoms. The van der Waals surface area contributed by atoms with Crippen LogP contribution < -0.4 is 19.5 Å². The fourth-order valence-corrected chi connectivity index (χ4v) is 3.11. The van der Waals surface area contributed by atoms with Crippen molar-refractivity contribution in [2.75, 3.05) is 20.3 Å². The molecule has 6 nitrogen and oxygen atoms in total. The van der Waals surface area contributed by atoms with Crippen LogP contribution in [0.1, 0.15) is 21.6 Å². The summed E-state index contributed by atoms with van der Waals surface area (Å²) < 4.78 is 54.0. The topological polar surface area (TPSA) is 69.7 Å². The van der Waals surface area contributed by atoms with Gasteiger partial charge in [0.1, 0.15) is 19.0 Å². The van der Waals surface area contributed by atoms with E-state index in [1.807, 2.05) is 5.38 Å². The van der Waals surface area contributed by atoms with Gasteiger partial charge in [0.15, 0.2) is 11.5 Å². The summed E-state index contributed by atoms with van der Waals surface area (Å²) in [5, 5.41) is 4.56. The highest BCUT2D eigenvalue weighted by atomic mass is 32.1. The Hall–Kier alpha value is -3.27. The van der Waals surface area contributed by atoms with Gasteiger partial charge in [-0.05, 0) is 42.5 Å². The molecule has 0 unspecified atom stereocenters. The van der Waals surface area contributed by atoms with Gasteiger partial charge < -0.3 is 19.5 Å². The highest BCUT2D eigenvalue weighted by Gasteiger charge is 2.30. The third-order valence-corrected chi connectivity index (χ3v) is 4.76. The molecule has 0 atom stereocenters. The predicted molar refractivity (Wildman–Crippen MR) is 109 cm³/mol. The van der Waals surface area contributed by atoms with Crippen molar-refractivity contribution in [3.63, 3.8) is 0 Å². The number of aromatic nitrogens is 1. The lowest BCUT2D eigenvalue weighted by Crippen LogP contribution is -2.28. The molecule has 0 saturated carbocycles. The van der Waals surface area contributed by atoms with Gasteiger partial charge in [0, 0.05) is 10.9 Å². The van der Waals surface area contributed by atoms with Gasteiger partial charge in [0.25, 0.3) is 5.91 Å². The Morgan fingerprint density at radius 1 is 1.10 bits per heavy atom. The third kappa shape index (κ3) is 6.35. The number of ether oxygens (including phenoxy) is 3. The minimum absolute atomic E-state index is 0.100. The number of methoxy groups -OCH3 is 1. The zero-order chi connectivity index (χ0) is 22.3. The van der Waals surface area contributed by atoms with E-state index in [-0.39, 0.29) is 31.4 Å². The maximum atomic E-state index is 12.6. The smallest absolute Gasteiger partial charge is 0.416 e. The summed E-state index contributed by atoms with van der Waals surface area (Å²) >= 11 is 1.47. The molecule has 164 valence electrons. The van der Waals surface area contributed by atoms with Crippen molar-refractivity contribution in [3.8, 4) is 17.2 Å². The normalized spacial score (nSPS) is 11.1. The second kappa shape index (κ2) is 10.2. The molecule has 0 saturated heterocycles. The van der Waals surface area contributed by atoms with Crippen LogP contribution in [-0.2, 0) is 12.8 Å². The van der Waals surface area contributed by atoms with E-state index in [4.69, 9.17) is 14.2 Å². The zero-order valence-corrected chi connectivity index (χ0v) is 17.3. The van der Waals surface area contributed by atoms with E-state index < -0.39 is 11.7 Å². The minimum Gasteiger partial charge on any atom is -0.493 e. The van der Waals surface area contributed by atoms with Gasteiger partial charge >= 0.3 is 6.18 Å². The van der Waals surface area contributed by atoms with Crippen LogP contribution in [0.3, 0.4) is 0 Å². The number of nitrogens with one attached hydrogen (secondary N) is 1. The molecule has 0 radical (unpaired) electrons. The first-order valence-electron chi connectivity index (χ1n) is 9.13. The highest BCUT2D eigenvalue weighted by Crippen LogP contribution is 2.30. The number of rotatable bonds is 9. The number of carbonyl (C=O) groups excluding carboxylic acids is 1. The molecule has 1 aromatic heterocycles. The van der Waals surface area contributed by atoms with Crippen LogP contribution in [0.4, 0.5) is 13.2 Å². The lowest BCUT2D eigenvalue weighted by molar-refractivity contribution is -0.137. The minimum atomic E-state index is -4.39. The van der Waals surface area contributed by atoms with E-state index in [1.54, 1.807) is 23.7 Å². The predicted octanol–water partition coefficient (Wildman–Crippen LogP) is 4.56. The van der Waals surface area contributed by atoms with Crippen molar-refractivity contribution >= 4 is 17.2 Å². The zero-order valence-electron chi connectivity index (χ0n) is 16.4. The average molecular weight is 452 g/mol. The van der Waals surface area contributed by atoms with Gasteiger partial charge in [-0.3, -0.25) is 4.79 Å². The number of thiazole rings is 1. The molecule has 3 aromatic rings. The van der Waals surface area contributed by atoms with Crippen molar-refractivity contribution in [1.29, 1.82) is 0 Å². The lowest BCUT2D eigenvalue weighted by Gasteiger charge is -2.12. The van der Waals surface area contributed by atoms with E-state index in [9.17, 15) is 18.0 Å². The van der Waals surface area contributed by atoms with Crippen LogP contribution >= 0.6 is 11.3 Å². The number of nitrogens with zero attached hydrogens (tertiary/aromatic N) is 1. The summed E-state index contributed by atoms with van der Waals surface area (Å²) in [5.41, 5.74) is 2.13. The summed E-state index contributed by atoms with van der Waals surface area (Å²) in [6.45, 7) is 0.556. The Morgan fingerprint density at radius 3 is 2.52 bits per heavy atom. The molecule has 0 aliphatic heterocycles. The molecule has 0 aliphatic rings. The van der Waals surface area contributed by atoms with Gasteiger partial charge in [-0.2, -0.15) is 13.2 Å². The van der Waals surface area contributed by atoms with E-state index in [0.717, 1.165) is 17.8 Å². The first-order valence-corrected chi connectivity index (χ1v) is 10.1. The first-order chi connectivity index (χ1) is 14.9. The first kappa shape index (κ1) is 22.4. The van der Waals surface area contributed by atoms with Crippen molar-refractivity contribution in [2.45, 2.75) is 12.8 Å². The second-order valence-electron chi connectivity index (χ2n) is 6.26. The van der Waals surface area contributed by atoms with Gasteiger partial charge in [0.05, 0.1) is 30.4 Å². The number of hydrogen-bond donors (Lipinski definition) is 1. The lowest BCUT2D eigenvalue weighted by atomic mass is 10.2. The standard InChI is InChI=1S/C21H19F3N2O4S/c1-28-19-10-14(2-7-18(19)30-11-16-12-31-13-26-16)20(27)25-8-9-29-17-5-3-15(4-6-17)21(22,23)24/h2-7,10,12-13H,8-9,11H2,1H3,(H,25,27). The van der Waals surface area contributed by atoms with Crippen LogP contribution in [0.25, 0.3) is 0 Å². The van der Waals surface area contributed by atoms with Crippen molar-refractivity contribution in [3.05, 3.63) is 70.2 Å². The number of amides is 1. The van der Waals surface area contributed by atoms with E-state index in [2.05, 4.69) is 10.3 Å².